The third-order valence-corrected chi connectivity index (χ3v) is 4.94. The predicted molar refractivity (Wildman–Crippen MR) is 108 cm³/mol. The molecule has 0 aliphatic heterocycles. The van der Waals surface area contributed by atoms with Crippen molar-refractivity contribution >= 4 is 51.5 Å². The number of carbonyl (C=O) groups excluding carboxylic acids is 2. The van der Waals surface area contributed by atoms with Crippen molar-refractivity contribution in [1.29, 1.82) is 0 Å². The molecule has 0 radical (unpaired) electrons. The Morgan fingerprint density at radius 1 is 1.21 bits per heavy atom. The minimum atomic E-state index is -0.612. The SMILES string of the molecule is Cc1nnc(NC(=O)CSc2nc(N)c(NC(=O)c3ccccc3)c(=O)[nH]2)s1. The van der Waals surface area contributed by atoms with E-state index in [4.69, 9.17) is 5.73 Å². The zero-order valence-electron chi connectivity index (χ0n) is 14.6. The number of benzene rings is 1. The Kier molecular flexibility index (Phi) is 6.01. The maximum absolute atomic E-state index is 12.2. The van der Waals surface area contributed by atoms with Crippen molar-refractivity contribution in [2.75, 3.05) is 22.1 Å². The second-order valence-corrected chi connectivity index (χ2v) is 7.56. The molecule has 144 valence electrons. The van der Waals surface area contributed by atoms with Crippen LogP contribution in [-0.4, -0.2) is 37.7 Å². The van der Waals surface area contributed by atoms with Gasteiger partial charge in [-0.1, -0.05) is 41.3 Å². The monoisotopic (exact) mass is 417 g/mol. The van der Waals surface area contributed by atoms with E-state index in [9.17, 15) is 14.4 Å². The summed E-state index contributed by atoms with van der Waals surface area (Å²) in [5.41, 5.74) is 5.43. The first kappa shape index (κ1) is 19.5. The minimum absolute atomic E-state index is 0.0171. The summed E-state index contributed by atoms with van der Waals surface area (Å²) in [5, 5.41) is 13.9. The van der Waals surface area contributed by atoms with Crippen LogP contribution >= 0.6 is 23.1 Å². The summed E-state index contributed by atoms with van der Waals surface area (Å²) in [7, 11) is 0. The molecule has 0 saturated heterocycles. The maximum atomic E-state index is 12.2. The van der Waals surface area contributed by atoms with Crippen molar-refractivity contribution in [2.24, 2.45) is 0 Å². The van der Waals surface area contributed by atoms with Gasteiger partial charge in [-0.15, -0.1) is 10.2 Å². The van der Waals surface area contributed by atoms with E-state index in [0.29, 0.717) is 10.7 Å². The van der Waals surface area contributed by atoms with Crippen LogP contribution in [-0.2, 0) is 4.79 Å². The number of thioether (sulfide) groups is 1. The minimum Gasteiger partial charge on any atom is -0.382 e. The lowest BCUT2D eigenvalue weighted by Gasteiger charge is -2.08. The number of anilines is 3. The van der Waals surface area contributed by atoms with E-state index in [1.807, 2.05) is 0 Å². The van der Waals surface area contributed by atoms with Gasteiger partial charge in [-0.3, -0.25) is 24.7 Å². The molecule has 3 aromatic rings. The molecule has 0 aliphatic carbocycles. The molecular formula is C16H15N7O3S2. The quantitative estimate of drug-likeness (QED) is 0.347. The van der Waals surface area contributed by atoms with Gasteiger partial charge in [0.05, 0.1) is 5.75 Å². The molecule has 0 saturated carbocycles. The lowest BCUT2D eigenvalue weighted by atomic mass is 10.2. The number of nitrogens with two attached hydrogens (primary N) is 1. The lowest BCUT2D eigenvalue weighted by Crippen LogP contribution is -2.23. The van der Waals surface area contributed by atoms with Crippen molar-refractivity contribution in [3.05, 3.63) is 51.3 Å². The summed E-state index contributed by atoms with van der Waals surface area (Å²) in [6.45, 7) is 1.78. The summed E-state index contributed by atoms with van der Waals surface area (Å²) < 4.78 is 0. The Bertz CT molecular complexity index is 1070. The van der Waals surface area contributed by atoms with Gasteiger partial charge in [0, 0.05) is 5.56 Å². The molecule has 0 unspecified atom stereocenters. The van der Waals surface area contributed by atoms with E-state index in [1.165, 1.54) is 11.3 Å². The highest BCUT2D eigenvalue weighted by molar-refractivity contribution is 7.99. The average Bonchev–Trinajstić information content (AvgIpc) is 3.08. The van der Waals surface area contributed by atoms with Gasteiger partial charge >= 0.3 is 0 Å². The van der Waals surface area contributed by atoms with Crippen LogP contribution in [0.3, 0.4) is 0 Å². The van der Waals surface area contributed by atoms with Crippen LogP contribution in [0.2, 0.25) is 0 Å². The van der Waals surface area contributed by atoms with E-state index in [2.05, 4.69) is 30.8 Å². The molecular weight excluding hydrogens is 402 g/mol. The molecule has 3 rings (SSSR count). The van der Waals surface area contributed by atoms with Crippen molar-refractivity contribution in [1.82, 2.24) is 20.2 Å². The first-order valence-corrected chi connectivity index (χ1v) is 9.71. The average molecular weight is 417 g/mol. The Balaban J connectivity index is 1.64. The normalized spacial score (nSPS) is 10.5. The van der Waals surface area contributed by atoms with Gasteiger partial charge in [-0.2, -0.15) is 0 Å². The highest BCUT2D eigenvalue weighted by Crippen LogP contribution is 2.18. The van der Waals surface area contributed by atoms with E-state index < -0.39 is 11.5 Å². The highest BCUT2D eigenvalue weighted by atomic mass is 32.2. The number of aromatic nitrogens is 4. The van der Waals surface area contributed by atoms with Gasteiger partial charge in [0.1, 0.15) is 10.7 Å². The molecule has 0 spiro atoms. The molecule has 5 N–H and O–H groups in total. The van der Waals surface area contributed by atoms with E-state index in [-0.39, 0.29) is 28.3 Å². The zero-order valence-corrected chi connectivity index (χ0v) is 16.2. The van der Waals surface area contributed by atoms with Crippen molar-refractivity contribution in [2.45, 2.75) is 12.1 Å². The molecule has 0 atom stereocenters. The number of nitrogens with one attached hydrogen (secondary N) is 3. The second-order valence-electron chi connectivity index (χ2n) is 5.41. The predicted octanol–water partition coefficient (Wildman–Crippen LogP) is 1.50. The molecule has 0 fully saturated rings. The molecule has 2 amide bonds. The molecule has 10 nitrogen and oxygen atoms in total. The fourth-order valence-corrected chi connectivity index (χ4v) is 3.35. The van der Waals surface area contributed by atoms with E-state index >= 15 is 0 Å². The topological polar surface area (TPSA) is 156 Å². The molecule has 28 heavy (non-hydrogen) atoms. The molecule has 0 bridgehead atoms. The highest BCUT2D eigenvalue weighted by Gasteiger charge is 2.15. The summed E-state index contributed by atoms with van der Waals surface area (Å²) in [6.07, 6.45) is 0. The van der Waals surface area contributed by atoms with Crippen LogP contribution in [0.15, 0.2) is 40.3 Å². The summed E-state index contributed by atoms with van der Waals surface area (Å²) in [5.74, 6) is -0.970. The first-order chi connectivity index (χ1) is 13.4. The Morgan fingerprint density at radius 2 is 1.96 bits per heavy atom. The number of amides is 2. The van der Waals surface area contributed by atoms with Crippen LogP contribution in [0, 0.1) is 6.92 Å². The number of hydrogen-bond acceptors (Lipinski definition) is 9. The van der Waals surface area contributed by atoms with Gasteiger partial charge in [0.25, 0.3) is 11.5 Å². The van der Waals surface area contributed by atoms with Crippen molar-refractivity contribution in [3.63, 3.8) is 0 Å². The number of nitrogens with zero attached hydrogens (tertiary/aromatic N) is 3. The number of aryl methyl sites for hydroxylation is 1. The Hall–Kier alpha value is -3.25. The molecule has 2 aromatic heterocycles. The van der Waals surface area contributed by atoms with Crippen LogP contribution in [0.1, 0.15) is 15.4 Å². The number of aromatic amines is 1. The Labute approximate surface area is 167 Å². The second kappa shape index (κ2) is 8.63. The summed E-state index contributed by atoms with van der Waals surface area (Å²) in [6, 6.07) is 8.39. The van der Waals surface area contributed by atoms with E-state index in [1.54, 1.807) is 37.3 Å². The van der Waals surface area contributed by atoms with Crippen LogP contribution in [0.5, 0.6) is 0 Å². The van der Waals surface area contributed by atoms with Gasteiger partial charge in [0.2, 0.25) is 11.0 Å². The van der Waals surface area contributed by atoms with Crippen molar-refractivity contribution < 1.29 is 9.59 Å². The molecule has 2 heterocycles. The van der Waals surface area contributed by atoms with Crippen molar-refractivity contribution in [3.8, 4) is 0 Å². The van der Waals surface area contributed by atoms with Crippen LogP contribution in [0.25, 0.3) is 0 Å². The summed E-state index contributed by atoms with van der Waals surface area (Å²) in [4.78, 5) is 42.9. The van der Waals surface area contributed by atoms with E-state index in [0.717, 1.165) is 16.8 Å². The third kappa shape index (κ3) is 4.92. The Morgan fingerprint density at radius 3 is 2.61 bits per heavy atom. The van der Waals surface area contributed by atoms with Gasteiger partial charge in [-0.05, 0) is 19.1 Å². The maximum Gasteiger partial charge on any atom is 0.277 e. The van der Waals surface area contributed by atoms with Gasteiger partial charge in [-0.25, -0.2) is 4.98 Å². The zero-order chi connectivity index (χ0) is 20.1. The third-order valence-electron chi connectivity index (χ3n) is 3.31. The number of H-pyrrole nitrogens is 1. The number of hydrogen-bond donors (Lipinski definition) is 4. The van der Waals surface area contributed by atoms with Crippen LogP contribution in [0.4, 0.5) is 16.6 Å². The van der Waals surface area contributed by atoms with Gasteiger partial charge in [0.15, 0.2) is 11.0 Å². The fourth-order valence-electron chi connectivity index (χ4n) is 2.07. The fraction of sp³-hybridized carbons (Fsp3) is 0.125. The number of nitrogen functional groups attached to an aromatic ring is 1. The molecule has 12 heteroatoms. The standard InChI is InChI=1S/C16H15N7O3S2/c1-8-22-23-16(28-8)18-10(24)7-27-15-20-12(17)11(14(26)21-15)19-13(25)9-5-3-2-4-6-9/h2-6H,7H2,1H3,(H,19,25)(H,18,23,24)(H3,17,20,21,26). The first-order valence-electron chi connectivity index (χ1n) is 7.91. The molecule has 1 aromatic carbocycles. The number of rotatable bonds is 6. The largest absolute Gasteiger partial charge is 0.382 e. The van der Waals surface area contributed by atoms with Crippen LogP contribution < -0.4 is 21.9 Å². The van der Waals surface area contributed by atoms with Gasteiger partial charge < -0.3 is 11.1 Å². The summed E-state index contributed by atoms with van der Waals surface area (Å²) >= 11 is 2.24. The lowest BCUT2D eigenvalue weighted by molar-refractivity contribution is -0.113. The number of carbonyl (C=O) groups is 2. The smallest absolute Gasteiger partial charge is 0.277 e. The molecule has 0 aliphatic rings.